The van der Waals surface area contributed by atoms with Gasteiger partial charge in [-0.1, -0.05) is 26.7 Å². The van der Waals surface area contributed by atoms with Crippen LogP contribution in [0.4, 0.5) is 0 Å². The van der Waals surface area contributed by atoms with Gasteiger partial charge in [-0.3, -0.25) is 4.79 Å². The summed E-state index contributed by atoms with van der Waals surface area (Å²) in [5.74, 6) is -1.52. The van der Waals surface area contributed by atoms with Crippen LogP contribution in [0.1, 0.15) is 52.9 Å². The molecule has 0 aromatic rings. The van der Waals surface area contributed by atoms with Crippen LogP contribution in [-0.2, 0) is 14.3 Å². The van der Waals surface area contributed by atoms with Crippen LogP contribution in [0, 0.1) is 0 Å². The molecule has 1 saturated heterocycles. The van der Waals surface area contributed by atoms with Gasteiger partial charge in [0.1, 0.15) is 18.3 Å². The second-order valence-electron chi connectivity index (χ2n) is 7.55. The highest BCUT2D eigenvalue weighted by Crippen LogP contribution is 2.32. The van der Waals surface area contributed by atoms with E-state index in [2.05, 4.69) is 17.6 Å². The predicted molar refractivity (Wildman–Crippen MR) is 104 cm³/mol. The molecule has 0 aromatic heterocycles. The summed E-state index contributed by atoms with van der Waals surface area (Å²) in [6, 6.07) is -0.945. The van der Waals surface area contributed by atoms with Gasteiger partial charge in [-0.2, -0.15) is 0 Å². The minimum atomic E-state index is -1.51. The summed E-state index contributed by atoms with van der Waals surface area (Å²) in [5.41, 5.74) is 0. The first kappa shape index (κ1) is 25.2. The fourth-order valence-corrected chi connectivity index (χ4v) is 3.27. The number of amides is 1. The number of ether oxygens (including phenoxy) is 2. The fraction of sp³-hybridized carbons (Fsp3) is 0.947. The standard InChI is InChI=1S/C19H38N2O7/c1-4-6-7-8-20-11-15(25)21-16-13(23)10-19(3,27-9-5-2)28-18(16)17(26)14(24)12-22/h13-14,16-18,20,22-24,26H,4-12H2,1-3H3,(H,21,25). The molecule has 1 fully saturated rings. The number of unbranched alkanes of at least 4 members (excludes halogenated alkanes) is 2. The zero-order valence-electron chi connectivity index (χ0n) is 17.3. The van der Waals surface area contributed by atoms with Gasteiger partial charge in [0.05, 0.1) is 25.3 Å². The van der Waals surface area contributed by atoms with Crippen LogP contribution in [0.25, 0.3) is 0 Å². The van der Waals surface area contributed by atoms with Gasteiger partial charge in [0, 0.05) is 13.0 Å². The van der Waals surface area contributed by atoms with Gasteiger partial charge in [0.15, 0.2) is 5.79 Å². The quantitative estimate of drug-likeness (QED) is 0.220. The number of rotatable bonds is 13. The minimum Gasteiger partial charge on any atom is -0.394 e. The molecule has 0 saturated carbocycles. The van der Waals surface area contributed by atoms with E-state index in [1.807, 2.05) is 6.92 Å². The highest BCUT2D eigenvalue weighted by molar-refractivity contribution is 5.78. The van der Waals surface area contributed by atoms with Gasteiger partial charge in [-0.15, -0.1) is 0 Å². The molecule has 1 rings (SSSR count). The van der Waals surface area contributed by atoms with E-state index in [0.717, 1.165) is 25.7 Å². The Labute approximate surface area is 167 Å². The van der Waals surface area contributed by atoms with Crippen molar-refractivity contribution in [2.75, 3.05) is 26.3 Å². The van der Waals surface area contributed by atoms with E-state index in [0.29, 0.717) is 13.2 Å². The smallest absolute Gasteiger partial charge is 0.234 e. The SMILES string of the molecule is CCCCCNCC(=O)NC1C(O)CC(C)(OCCC)OC1C(O)C(O)CO. The number of hydrogen-bond donors (Lipinski definition) is 6. The molecule has 166 valence electrons. The zero-order valence-corrected chi connectivity index (χ0v) is 17.3. The Morgan fingerprint density at radius 1 is 1.29 bits per heavy atom. The topological polar surface area (TPSA) is 141 Å². The number of hydrogen-bond acceptors (Lipinski definition) is 8. The number of carbonyl (C=O) groups is 1. The fourth-order valence-electron chi connectivity index (χ4n) is 3.27. The lowest BCUT2D eigenvalue weighted by atomic mass is 9.89. The molecule has 0 bridgehead atoms. The number of aliphatic hydroxyl groups excluding tert-OH is 4. The maximum atomic E-state index is 12.3. The van der Waals surface area contributed by atoms with E-state index in [4.69, 9.17) is 9.47 Å². The molecule has 28 heavy (non-hydrogen) atoms. The maximum Gasteiger partial charge on any atom is 0.234 e. The highest BCUT2D eigenvalue weighted by Gasteiger charge is 2.49. The highest BCUT2D eigenvalue weighted by atomic mass is 16.7. The monoisotopic (exact) mass is 406 g/mol. The van der Waals surface area contributed by atoms with Crippen molar-refractivity contribution >= 4 is 5.91 Å². The second-order valence-corrected chi connectivity index (χ2v) is 7.55. The normalized spacial score (nSPS) is 30.0. The van der Waals surface area contributed by atoms with Crippen molar-refractivity contribution in [1.82, 2.24) is 10.6 Å². The van der Waals surface area contributed by atoms with Gasteiger partial charge < -0.3 is 40.5 Å². The Bertz CT molecular complexity index is 454. The van der Waals surface area contributed by atoms with E-state index in [1.165, 1.54) is 0 Å². The molecule has 0 aromatic carbocycles. The molecule has 1 heterocycles. The van der Waals surface area contributed by atoms with E-state index in [9.17, 15) is 25.2 Å². The van der Waals surface area contributed by atoms with E-state index < -0.39 is 42.9 Å². The van der Waals surface area contributed by atoms with Crippen LogP contribution < -0.4 is 10.6 Å². The lowest BCUT2D eigenvalue weighted by Crippen LogP contribution is -2.66. The molecule has 6 atom stereocenters. The van der Waals surface area contributed by atoms with Crippen molar-refractivity contribution < 1.29 is 34.7 Å². The third kappa shape index (κ3) is 7.90. The first-order valence-electron chi connectivity index (χ1n) is 10.2. The third-order valence-electron chi connectivity index (χ3n) is 4.83. The maximum absolute atomic E-state index is 12.3. The molecule has 0 aliphatic carbocycles. The molecule has 0 radical (unpaired) electrons. The molecule has 1 aliphatic rings. The molecule has 9 nitrogen and oxygen atoms in total. The Morgan fingerprint density at radius 2 is 2.00 bits per heavy atom. The lowest BCUT2D eigenvalue weighted by Gasteiger charge is -2.47. The summed E-state index contributed by atoms with van der Waals surface area (Å²) in [6.07, 6.45) is -1.20. The Balaban J connectivity index is 2.78. The van der Waals surface area contributed by atoms with Crippen molar-refractivity contribution in [1.29, 1.82) is 0 Å². The largest absolute Gasteiger partial charge is 0.394 e. The van der Waals surface area contributed by atoms with Crippen molar-refractivity contribution in [3.8, 4) is 0 Å². The Morgan fingerprint density at radius 3 is 2.61 bits per heavy atom. The Hall–Kier alpha value is -0.810. The Kier molecular flexibility index (Phi) is 11.4. The van der Waals surface area contributed by atoms with Crippen molar-refractivity contribution in [3.63, 3.8) is 0 Å². The van der Waals surface area contributed by atoms with Crippen molar-refractivity contribution in [2.45, 2.75) is 89.1 Å². The van der Waals surface area contributed by atoms with Gasteiger partial charge in [-0.05, 0) is 26.3 Å². The minimum absolute atomic E-state index is 0.0713. The molecule has 1 amide bonds. The number of carbonyl (C=O) groups excluding carboxylic acids is 1. The van der Waals surface area contributed by atoms with Gasteiger partial charge in [0.2, 0.25) is 5.91 Å². The first-order chi connectivity index (χ1) is 13.3. The third-order valence-corrected chi connectivity index (χ3v) is 4.83. The molecular weight excluding hydrogens is 368 g/mol. The predicted octanol–water partition coefficient (Wildman–Crippen LogP) is -0.742. The summed E-state index contributed by atoms with van der Waals surface area (Å²) in [4.78, 5) is 12.3. The summed E-state index contributed by atoms with van der Waals surface area (Å²) < 4.78 is 11.5. The van der Waals surface area contributed by atoms with Crippen LogP contribution in [0.15, 0.2) is 0 Å². The van der Waals surface area contributed by atoms with Crippen LogP contribution in [0.5, 0.6) is 0 Å². The number of aliphatic hydroxyl groups is 4. The van der Waals surface area contributed by atoms with Crippen molar-refractivity contribution in [3.05, 3.63) is 0 Å². The van der Waals surface area contributed by atoms with Crippen LogP contribution in [0.2, 0.25) is 0 Å². The molecule has 1 aliphatic heterocycles. The van der Waals surface area contributed by atoms with Gasteiger partial charge in [-0.25, -0.2) is 0 Å². The lowest BCUT2D eigenvalue weighted by molar-refractivity contribution is -0.311. The summed E-state index contributed by atoms with van der Waals surface area (Å²) >= 11 is 0. The zero-order chi connectivity index (χ0) is 21.2. The van der Waals surface area contributed by atoms with Crippen LogP contribution in [-0.4, -0.2) is 88.9 Å². The summed E-state index contributed by atoms with van der Waals surface area (Å²) in [6.45, 7) is 6.17. The molecule has 0 spiro atoms. The molecule has 9 heteroatoms. The van der Waals surface area contributed by atoms with Crippen molar-refractivity contribution in [2.24, 2.45) is 0 Å². The van der Waals surface area contributed by atoms with E-state index >= 15 is 0 Å². The van der Waals surface area contributed by atoms with E-state index in [-0.39, 0.29) is 18.9 Å². The molecular formula is C19H38N2O7. The summed E-state index contributed by atoms with van der Waals surface area (Å²) in [7, 11) is 0. The first-order valence-corrected chi connectivity index (χ1v) is 10.2. The van der Waals surface area contributed by atoms with E-state index in [1.54, 1.807) is 6.92 Å². The molecule has 6 N–H and O–H groups in total. The van der Waals surface area contributed by atoms with Crippen LogP contribution in [0.3, 0.4) is 0 Å². The average molecular weight is 407 g/mol. The molecule has 6 unspecified atom stereocenters. The van der Waals surface area contributed by atoms with Crippen LogP contribution >= 0.6 is 0 Å². The average Bonchev–Trinajstić information content (AvgIpc) is 2.67. The van der Waals surface area contributed by atoms with Gasteiger partial charge >= 0.3 is 0 Å². The van der Waals surface area contributed by atoms with Gasteiger partial charge in [0.25, 0.3) is 0 Å². The number of nitrogens with one attached hydrogen (secondary N) is 2. The summed E-state index contributed by atoms with van der Waals surface area (Å²) in [5, 5.41) is 45.8. The second kappa shape index (κ2) is 12.7.